The third kappa shape index (κ3) is 2.63. The van der Waals surface area contributed by atoms with E-state index >= 15 is 0 Å². The second-order valence-corrected chi connectivity index (χ2v) is 2.94. The van der Waals surface area contributed by atoms with Crippen LogP contribution in [0.5, 0.6) is 5.75 Å². The molecule has 0 aliphatic rings. The van der Waals surface area contributed by atoms with Gasteiger partial charge in [0.1, 0.15) is 5.82 Å². The summed E-state index contributed by atoms with van der Waals surface area (Å²) < 4.78 is 25.5. The maximum atomic E-state index is 12.8. The van der Waals surface area contributed by atoms with Crippen molar-refractivity contribution in [1.29, 1.82) is 0 Å². The number of carboxylic acid groups (broad SMARTS) is 1. The van der Waals surface area contributed by atoms with E-state index in [0.29, 0.717) is 12.1 Å². The first-order valence-electron chi connectivity index (χ1n) is 3.99. The summed E-state index contributed by atoms with van der Waals surface area (Å²) in [6.07, 6.45) is -2.39. The summed E-state index contributed by atoms with van der Waals surface area (Å²) in [4.78, 5) is 10.2. The number of carboxylic acids is 1. The van der Waals surface area contributed by atoms with Gasteiger partial charge in [-0.15, -0.1) is 0 Å². The SMILES string of the molecule is O=C(O)CC(O)c1cc(F)cc(F)c1O. The molecule has 6 heteroatoms. The molecular weight excluding hydrogens is 210 g/mol. The lowest BCUT2D eigenvalue weighted by Crippen LogP contribution is -2.06. The quantitative estimate of drug-likeness (QED) is 0.711. The topological polar surface area (TPSA) is 77.8 Å². The smallest absolute Gasteiger partial charge is 0.306 e. The van der Waals surface area contributed by atoms with Crippen molar-refractivity contribution < 1.29 is 28.9 Å². The zero-order chi connectivity index (χ0) is 11.6. The summed E-state index contributed by atoms with van der Waals surface area (Å²) >= 11 is 0. The fourth-order valence-electron chi connectivity index (χ4n) is 1.12. The summed E-state index contributed by atoms with van der Waals surface area (Å²) in [6.45, 7) is 0. The van der Waals surface area contributed by atoms with Gasteiger partial charge in [0.25, 0.3) is 0 Å². The highest BCUT2D eigenvalue weighted by Gasteiger charge is 2.19. The number of rotatable bonds is 3. The van der Waals surface area contributed by atoms with Gasteiger partial charge in [0, 0.05) is 11.6 Å². The van der Waals surface area contributed by atoms with Crippen LogP contribution in [-0.2, 0) is 4.79 Å². The number of halogens is 2. The molecule has 1 rings (SSSR count). The second-order valence-electron chi connectivity index (χ2n) is 2.94. The second kappa shape index (κ2) is 4.22. The van der Waals surface area contributed by atoms with Crippen LogP contribution >= 0.6 is 0 Å². The molecule has 0 bridgehead atoms. The number of phenolic OH excluding ortho intramolecular Hbond substituents is 1. The largest absolute Gasteiger partial charge is 0.505 e. The molecule has 4 nitrogen and oxygen atoms in total. The Morgan fingerprint density at radius 3 is 2.53 bits per heavy atom. The maximum Gasteiger partial charge on any atom is 0.306 e. The molecule has 0 aromatic heterocycles. The molecule has 0 saturated heterocycles. The van der Waals surface area contributed by atoms with Crippen molar-refractivity contribution in [3.05, 3.63) is 29.3 Å². The first-order valence-corrected chi connectivity index (χ1v) is 3.99. The number of hydrogen-bond donors (Lipinski definition) is 3. The first-order chi connectivity index (χ1) is 6.91. The third-order valence-corrected chi connectivity index (χ3v) is 1.78. The van der Waals surface area contributed by atoms with Crippen LogP contribution in [-0.4, -0.2) is 21.3 Å². The van der Waals surface area contributed by atoms with E-state index in [1.165, 1.54) is 0 Å². The molecule has 0 radical (unpaired) electrons. The van der Waals surface area contributed by atoms with E-state index in [1.807, 2.05) is 0 Å². The number of aliphatic hydroxyl groups excluding tert-OH is 1. The van der Waals surface area contributed by atoms with E-state index in [9.17, 15) is 18.7 Å². The summed E-state index contributed by atoms with van der Waals surface area (Å²) in [5, 5.41) is 26.7. The van der Waals surface area contributed by atoms with Crippen LogP contribution in [0.15, 0.2) is 12.1 Å². The Kier molecular flexibility index (Phi) is 3.21. The third-order valence-electron chi connectivity index (χ3n) is 1.78. The number of phenols is 1. The Balaban J connectivity index is 3.07. The van der Waals surface area contributed by atoms with E-state index < -0.39 is 41.4 Å². The van der Waals surface area contributed by atoms with Gasteiger partial charge in [0.15, 0.2) is 11.6 Å². The van der Waals surface area contributed by atoms with Crippen LogP contribution in [0.3, 0.4) is 0 Å². The summed E-state index contributed by atoms with van der Waals surface area (Å²) in [7, 11) is 0. The van der Waals surface area contributed by atoms with Crippen molar-refractivity contribution in [2.45, 2.75) is 12.5 Å². The van der Waals surface area contributed by atoms with E-state index in [0.717, 1.165) is 0 Å². The number of aliphatic carboxylic acids is 1. The Labute approximate surface area is 83.4 Å². The van der Waals surface area contributed by atoms with E-state index in [1.54, 1.807) is 0 Å². The van der Waals surface area contributed by atoms with Crippen LogP contribution in [0.25, 0.3) is 0 Å². The molecule has 0 aliphatic carbocycles. The zero-order valence-corrected chi connectivity index (χ0v) is 7.44. The Bertz CT molecular complexity index is 392. The van der Waals surface area contributed by atoms with Gasteiger partial charge in [0.2, 0.25) is 0 Å². The zero-order valence-electron chi connectivity index (χ0n) is 7.44. The molecule has 0 amide bonds. The molecule has 1 aromatic carbocycles. The fourth-order valence-corrected chi connectivity index (χ4v) is 1.12. The van der Waals surface area contributed by atoms with E-state index in [4.69, 9.17) is 10.2 Å². The van der Waals surface area contributed by atoms with Gasteiger partial charge in [-0.3, -0.25) is 4.79 Å². The molecule has 1 atom stereocenters. The van der Waals surface area contributed by atoms with Gasteiger partial charge in [-0.1, -0.05) is 0 Å². The molecule has 0 saturated carbocycles. The maximum absolute atomic E-state index is 12.8. The predicted octanol–water partition coefficient (Wildman–Crippen LogP) is 1.18. The summed E-state index contributed by atoms with van der Waals surface area (Å²) in [6, 6.07) is 1.12. The van der Waals surface area contributed by atoms with Gasteiger partial charge in [0.05, 0.1) is 12.5 Å². The lowest BCUT2D eigenvalue weighted by Gasteiger charge is -2.10. The summed E-state index contributed by atoms with van der Waals surface area (Å²) in [5.74, 6) is -4.52. The molecule has 1 aromatic rings. The molecule has 3 N–H and O–H groups in total. The number of carbonyl (C=O) groups is 1. The first kappa shape index (κ1) is 11.4. The Morgan fingerprint density at radius 1 is 1.40 bits per heavy atom. The molecule has 82 valence electrons. The molecule has 0 fully saturated rings. The van der Waals surface area contributed by atoms with Crippen LogP contribution in [0, 0.1) is 11.6 Å². The average Bonchev–Trinajstić information content (AvgIpc) is 2.09. The van der Waals surface area contributed by atoms with Gasteiger partial charge >= 0.3 is 5.97 Å². The lowest BCUT2D eigenvalue weighted by molar-refractivity contribution is -0.139. The molecule has 0 heterocycles. The predicted molar refractivity (Wildman–Crippen MR) is 45.2 cm³/mol. The number of hydrogen-bond acceptors (Lipinski definition) is 3. The Morgan fingerprint density at radius 2 is 2.00 bits per heavy atom. The molecule has 15 heavy (non-hydrogen) atoms. The highest BCUT2D eigenvalue weighted by atomic mass is 19.1. The van der Waals surface area contributed by atoms with Crippen LogP contribution in [0.1, 0.15) is 18.1 Å². The molecule has 0 spiro atoms. The Hall–Kier alpha value is -1.69. The van der Waals surface area contributed by atoms with Crippen molar-refractivity contribution >= 4 is 5.97 Å². The minimum Gasteiger partial charge on any atom is -0.505 e. The van der Waals surface area contributed by atoms with Gasteiger partial charge in [-0.05, 0) is 6.07 Å². The lowest BCUT2D eigenvalue weighted by atomic mass is 10.1. The normalized spacial score (nSPS) is 12.5. The fraction of sp³-hybridized carbons (Fsp3) is 0.222. The van der Waals surface area contributed by atoms with Gasteiger partial charge in [-0.25, -0.2) is 8.78 Å². The van der Waals surface area contributed by atoms with Crippen molar-refractivity contribution in [1.82, 2.24) is 0 Å². The van der Waals surface area contributed by atoms with E-state index in [2.05, 4.69) is 0 Å². The standard InChI is InChI=1S/C9H8F2O4/c10-4-1-5(7(12)3-8(13)14)9(15)6(11)2-4/h1-2,7,12,15H,3H2,(H,13,14). The van der Waals surface area contributed by atoms with Crippen molar-refractivity contribution in [2.24, 2.45) is 0 Å². The number of aromatic hydroxyl groups is 1. The highest BCUT2D eigenvalue weighted by Crippen LogP contribution is 2.29. The number of benzene rings is 1. The van der Waals surface area contributed by atoms with Gasteiger partial charge in [-0.2, -0.15) is 0 Å². The monoisotopic (exact) mass is 218 g/mol. The van der Waals surface area contributed by atoms with Crippen molar-refractivity contribution in [3.63, 3.8) is 0 Å². The van der Waals surface area contributed by atoms with E-state index in [-0.39, 0.29) is 0 Å². The van der Waals surface area contributed by atoms with Crippen molar-refractivity contribution in [3.8, 4) is 5.75 Å². The highest BCUT2D eigenvalue weighted by molar-refractivity contribution is 5.67. The average molecular weight is 218 g/mol. The van der Waals surface area contributed by atoms with Crippen LogP contribution in [0.4, 0.5) is 8.78 Å². The minimum atomic E-state index is -1.65. The minimum absolute atomic E-state index is 0.437. The molecule has 0 aliphatic heterocycles. The molecule has 1 unspecified atom stereocenters. The number of aliphatic hydroxyl groups is 1. The molecular formula is C9H8F2O4. The van der Waals surface area contributed by atoms with Crippen LogP contribution < -0.4 is 0 Å². The van der Waals surface area contributed by atoms with Crippen LogP contribution in [0.2, 0.25) is 0 Å². The summed E-state index contributed by atoms with van der Waals surface area (Å²) in [5.41, 5.74) is -0.477. The van der Waals surface area contributed by atoms with Crippen molar-refractivity contribution in [2.75, 3.05) is 0 Å². The van der Waals surface area contributed by atoms with Gasteiger partial charge < -0.3 is 15.3 Å².